The van der Waals surface area contributed by atoms with Crippen molar-refractivity contribution in [2.24, 2.45) is 0 Å². The summed E-state index contributed by atoms with van der Waals surface area (Å²) in [5.74, 6) is 0. The van der Waals surface area contributed by atoms with Crippen LogP contribution in [0, 0.1) is 0 Å². The number of hydrogen-bond acceptors (Lipinski definition) is 2. The molecule has 4 heteroatoms. The molecule has 270 valence electrons. The van der Waals surface area contributed by atoms with Crippen LogP contribution in [0.3, 0.4) is 0 Å². The van der Waals surface area contributed by atoms with Crippen LogP contribution in [0.2, 0.25) is 0 Å². The van der Waals surface area contributed by atoms with Gasteiger partial charge in [0.25, 0.3) is 0 Å². The highest BCUT2D eigenvalue weighted by molar-refractivity contribution is 6.19. The summed E-state index contributed by atoms with van der Waals surface area (Å²) in [6.07, 6.45) is 0. The summed E-state index contributed by atoms with van der Waals surface area (Å²) in [4.78, 5) is 0. The molecule has 9 aromatic carbocycles. The summed E-state index contributed by atoms with van der Waals surface area (Å²) >= 11 is 0. The predicted octanol–water partition coefficient (Wildman–Crippen LogP) is 15.0. The Balaban J connectivity index is 0.951. The van der Waals surface area contributed by atoms with Gasteiger partial charge in [0.1, 0.15) is 11.2 Å². The summed E-state index contributed by atoms with van der Waals surface area (Å²) < 4.78 is 17.8. The first kappa shape index (κ1) is 31.4. The number of para-hydroxylation sites is 3. The van der Waals surface area contributed by atoms with E-state index in [-0.39, 0.29) is 0 Å². The summed E-state index contributed by atoms with van der Waals surface area (Å²) in [6, 6.07) is 69.8. The van der Waals surface area contributed by atoms with Gasteiger partial charge in [0, 0.05) is 60.5 Å². The Bertz CT molecular complexity index is 3800. The van der Waals surface area contributed by atoms with Gasteiger partial charge >= 0.3 is 0 Å². The molecule has 0 aliphatic heterocycles. The molecule has 0 saturated heterocycles. The van der Waals surface area contributed by atoms with Crippen LogP contribution in [0.25, 0.3) is 121 Å². The number of nitrogens with zero attached hydrogens (tertiary/aromatic N) is 2. The Hall–Kier alpha value is -7.82. The van der Waals surface area contributed by atoms with E-state index in [4.69, 9.17) is 8.83 Å². The predicted molar refractivity (Wildman–Crippen MR) is 241 cm³/mol. The van der Waals surface area contributed by atoms with Gasteiger partial charge in [-0.3, -0.25) is 0 Å². The first-order valence-electron chi connectivity index (χ1n) is 19.7. The van der Waals surface area contributed by atoms with E-state index in [1.54, 1.807) is 0 Å². The molecule has 58 heavy (non-hydrogen) atoms. The largest absolute Gasteiger partial charge is 0.452 e. The average Bonchev–Trinajstić information content (AvgIpc) is 4.04. The van der Waals surface area contributed by atoms with E-state index in [1.807, 2.05) is 18.2 Å². The van der Waals surface area contributed by atoms with Crippen molar-refractivity contribution < 1.29 is 8.83 Å². The highest BCUT2D eigenvalue weighted by Gasteiger charge is 2.19. The van der Waals surface area contributed by atoms with E-state index >= 15 is 0 Å². The van der Waals surface area contributed by atoms with Crippen molar-refractivity contribution in [3.8, 4) is 33.6 Å². The van der Waals surface area contributed by atoms with Crippen molar-refractivity contribution >= 4 is 87.5 Å². The molecule has 0 N–H and O–H groups in total. The number of rotatable bonds is 4. The monoisotopic (exact) mass is 740 g/mol. The van der Waals surface area contributed by atoms with Gasteiger partial charge in [-0.05, 0) is 101 Å². The SMILES string of the molecule is c1ccc(-c2cccc(-n3c4ccccc4c4cc(-c5ccc6c(c5)c5ccccc5n6-c5ccc6c(c5)oc5c6ccc6c7ccccc7oc65)ccc43)c2)cc1. The summed E-state index contributed by atoms with van der Waals surface area (Å²) in [7, 11) is 0. The van der Waals surface area contributed by atoms with Gasteiger partial charge in [-0.2, -0.15) is 0 Å². The first-order valence-corrected chi connectivity index (χ1v) is 19.7. The minimum atomic E-state index is 0.786. The number of aromatic nitrogens is 2. The van der Waals surface area contributed by atoms with E-state index in [0.717, 1.165) is 66.3 Å². The van der Waals surface area contributed by atoms with Crippen molar-refractivity contribution in [3.05, 3.63) is 194 Å². The van der Waals surface area contributed by atoms with Gasteiger partial charge in [0.15, 0.2) is 11.2 Å². The molecule has 0 atom stereocenters. The molecule has 0 saturated carbocycles. The molecule has 0 aliphatic carbocycles. The fourth-order valence-corrected chi connectivity index (χ4v) is 9.46. The van der Waals surface area contributed by atoms with Gasteiger partial charge in [0.2, 0.25) is 0 Å². The average molecular weight is 741 g/mol. The maximum Gasteiger partial charge on any atom is 0.178 e. The Morgan fingerprint density at radius 1 is 0.259 bits per heavy atom. The van der Waals surface area contributed by atoms with Gasteiger partial charge < -0.3 is 18.0 Å². The van der Waals surface area contributed by atoms with E-state index in [9.17, 15) is 0 Å². The molecule has 13 rings (SSSR count). The Labute approximate surface area is 332 Å². The summed E-state index contributed by atoms with van der Waals surface area (Å²) in [5.41, 5.74) is 15.0. The zero-order chi connectivity index (χ0) is 37.9. The maximum atomic E-state index is 6.65. The van der Waals surface area contributed by atoms with E-state index in [2.05, 4.69) is 185 Å². The van der Waals surface area contributed by atoms with Crippen molar-refractivity contribution in [2.75, 3.05) is 0 Å². The highest BCUT2D eigenvalue weighted by Crippen LogP contribution is 2.42. The quantitative estimate of drug-likeness (QED) is 0.180. The second-order valence-electron chi connectivity index (χ2n) is 15.3. The van der Waals surface area contributed by atoms with Crippen molar-refractivity contribution in [3.63, 3.8) is 0 Å². The van der Waals surface area contributed by atoms with Crippen LogP contribution in [-0.4, -0.2) is 9.13 Å². The molecule has 4 nitrogen and oxygen atoms in total. The molecule has 0 radical (unpaired) electrons. The molecule has 0 amide bonds. The van der Waals surface area contributed by atoms with Crippen molar-refractivity contribution in [1.29, 1.82) is 0 Å². The molecule has 0 aliphatic rings. The second kappa shape index (κ2) is 11.8. The number of benzene rings is 9. The molecular weight excluding hydrogens is 709 g/mol. The lowest BCUT2D eigenvalue weighted by Gasteiger charge is -2.11. The van der Waals surface area contributed by atoms with E-state index in [0.29, 0.717) is 0 Å². The summed E-state index contributed by atoms with van der Waals surface area (Å²) in [6.45, 7) is 0. The van der Waals surface area contributed by atoms with Gasteiger partial charge in [0.05, 0.1) is 22.1 Å². The number of fused-ring (bicyclic) bond motifs is 13. The highest BCUT2D eigenvalue weighted by atomic mass is 16.4. The molecule has 0 fully saturated rings. The maximum absolute atomic E-state index is 6.65. The minimum absolute atomic E-state index is 0.786. The molecule has 4 aromatic heterocycles. The van der Waals surface area contributed by atoms with Crippen LogP contribution in [0.1, 0.15) is 0 Å². The van der Waals surface area contributed by atoms with Crippen LogP contribution in [-0.2, 0) is 0 Å². The first-order chi connectivity index (χ1) is 28.7. The number of furan rings is 2. The third-order valence-corrected chi connectivity index (χ3v) is 12.1. The third kappa shape index (κ3) is 4.45. The standard InChI is InChI=1S/C54H32N2O2/c1-2-11-33(12-3-1)34-13-10-14-37(29-34)55-47-18-7-4-15-39(47)45-30-35(21-27-49(45)55)36-22-28-50-46(31-36)40-16-5-8-19-48(40)56(50)38-23-24-42-44-26-25-43-41-17-6-9-20-51(41)57-53(43)54(44)58-52(42)32-38/h1-32H. The zero-order valence-electron chi connectivity index (χ0n) is 31.2. The van der Waals surface area contributed by atoms with Crippen LogP contribution in [0.5, 0.6) is 0 Å². The molecule has 13 aromatic rings. The molecule has 0 bridgehead atoms. The normalized spacial score (nSPS) is 12.1. The lowest BCUT2D eigenvalue weighted by atomic mass is 10.0. The minimum Gasteiger partial charge on any atom is -0.452 e. The Morgan fingerprint density at radius 3 is 1.41 bits per heavy atom. The molecule has 0 spiro atoms. The smallest absolute Gasteiger partial charge is 0.178 e. The van der Waals surface area contributed by atoms with Crippen molar-refractivity contribution in [1.82, 2.24) is 9.13 Å². The van der Waals surface area contributed by atoms with Gasteiger partial charge in [-0.25, -0.2) is 0 Å². The van der Waals surface area contributed by atoms with Crippen LogP contribution in [0.4, 0.5) is 0 Å². The van der Waals surface area contributed by atoms with Gasteiger partial charge in [-0.1, -0.05) is 109 Å². The van der Waals surface area contributed by atoms with E-state index < -0.39 is 0 Å². The van der Waals surface area contributed by atoms with Gasteiger partial charge in [-0.15, -0.1) is 0 Å². The van der Waals surface area contributed by atoms with Crippen LogP contribution >= 0.6 is 0 Å². The Morgan fingerprint density at radius 2 is 0.741 bits per heavy atom. The lowest BCUT2D eigenvalue weighted by Crippen LogP contribution is -1.94. The fourth-order valence-electron chi connectivity index (χ4n) is 9.46. The second-order valence-corrected chi connectivity index (χ2v) is 15.3. The topological polar surface area (TPSA) is 36.1 Å². The van der Waals surface area contributed by atoms with Crippen LogP contribution < -0.4 is 0 Å². The van der Waals surface area contributed by atoms with Crippen LogP contribution in [0.15, 0.2) is 203 Å². The summed E-state index contributed by atoms with van der Waals surface area (Å²) in [5, 5.41) is 9.20. The molecular formula is C54H32N2O2. The zero-order valence-corrected chi connectivity index (χ0v) is 31.2. The third-order valence-electron chi connectivity index (χ3n) is 12.1. The molecule has 0 unspecified atom stereocenters. The lowest BCUT2D eigenvalue weighted by molar-refractivity contribution is 0.633. The van der Waals surface area contributed by atoms with Crippen molar-refractivity contribution in [2.45, 2.75) is 0 Å². The van der Waals surface area contributed by atoms with E-state index in [1.165, 1.54) is 54.8 Å². The molecule has 4 heterocycles. The number of hydrogen-bond donors (Lipinski definition) is 0. The fraction of sp³-hybridized carbons (Fsp3) is 0. The Kier molecular flexibility index (Phi) is 6.41.